The molecule has 2 N–H and O–H groups in total. The number of allylic oxidation sites excluding steroid dienone is 1. The molecule has 2 heterocycles. The van der Waals surface area contributed by atoms with Gasteiger partial charge in [0.05, 0.1) is 0 Å². The van der Waals surface area contributed by atoms with Gasteiger partial charge in [-0.2, -0.15) is 4.98 Å². The van der Waals surface area contributed by atoms with E-state index in [0.717, 1.165) is 22.4 Å². The van der Waals surface area contributed by atoms with Gasteiger partial charge in [-0.25, -0.2) is 9.07 Å². The van der Waals surface area contributed by atoms with Crippen LogP contribution in [0.5, 0.6) is 0 Å². The molecule has 1 aliphatic rings. The molecule has 5 rings (SSSR count). The van der Waals surface area contributed by atoms with Crippen LogP contribution in [-0.2, 0) is 4.79 Å². The number of benzene rings is 3. The van der Waals surface area contributed by atoms with Crippen LogP contribution in [0.3, 0.4) is 0 Å². The van der Waals surface area contributed by atoms with Crippen molar-refractivity contribution in [2.75, 3.05) is 10.6 Å². The zero-order valence-corrected chi connectivity index (χ0v) is 18.6. The maximum atomic E-state index is 13.5. The molecule has 3 aromatic carbocycles. The summed E-state index contributed by atoms with van der Waals surface area (Å²) in [4.78, 5) is 16.9. The Hall–Kier alpha value is -4.23. The van der Waals surface area contributed by atoms with Crippen molar-refractivity contribution in [2.24, 2.45) is 0 Å². The third kappa shape index (κ3) is 4.74. The van der Waals surface area contributed by atoms with E-state index in [1.807, 2.05) is 48.5 Å². The van der Waals surface area contributed by atoms with E-state index in [2.05, 4.69) is 20.7 Å². The second-order valence-electron chi connectivity index (χ2n) is 7.65. The van der Waals surface area contributed by atoms with Crippen LogP contribution in [0.4, 0.5) is 16.3 Å². The molecule has 8 heteroatoms. The lowest BCUT2D eigenvalue weighted by Gasteiger charge is -2.24. The second-order valence-corrected chi connectivity index (χ2v) is 8.08. The quantitative estimate of drug-likeness (QED) is 0.362. The zero-order valence-electron chi connectivity index (χ0n) is 17.8. The number of hydrogen-bond acceptors (Lipinski definition) is 4. The summed E-state index contributed by atoms with van der Waals surface area (Å²) in [7, 11) is 0. The van der Waals surface area contributed by atoms with Crippen LogP contribution in [0, 0.1) is 5.82 Å². The number of anilines is 2. The van der Waals surface area contributed by atoms with E-state index in [4.69, 9.17) is 11.6 Å². The lowest BCUT2D eigenvalue weighted by Crippen LogP contribution is -2.20. The molecule has 0 bridgehead atoms. The maximum absolute atomic E-state index is 13.5. The largest absolute Gasteiger partial charge is 0.324 e. The summed E-state index contributed by atoms with van der Waals surface area (Å²) in [6.45, 7) is 0. The first-order valence-corrected chi connectivity index (χ1v) is 10.9. The van der Waals surface area contributed by atoms with E-state index >= 15 is 0 Å². The first-order chi connectivity index (χ1) is 16.5. The van der Waals surface area contributed by atoms with Crippen LogP contribution in [0.2, 0.25) is 5.02 Å². The summed E-state index contributed by atoms with van der Waals surface area (Å²) in [5.74, 6) is -0.0626. The summed E-state index contributed by atoms with van der Waals surface area (Å²) in [6.07, 6.45) is 5.08. The fourth-order valence-electron chi connectivity index (χ4n) is 3.63. The molecule has 0 saturated heterocycles. The van der Waals surface area contributed by atoms with Gasteiger partial charge in [0, 0.05) is 16.8 Å². The van der Waals surface area contributed by atoms with Gasteiger partial charge in [0.25, 0.3) is 11.9 Å². The van der Waals surface area contributed by atoms with Crippen molar-refractivity contribution in [1.82, 2.24) is 14.8 Å². The molecule has 0 fully saturated rings. The average Bonchev–Trinajstić information content (AvgIpc) is 3.26. The van der Waals surface area contributed by atoms with Crippen molar-refractivity contribution < 1.29 is 9.18 Å². The van der Waals surface area contributed by atoms with Gasteiger partial charge in [0.15, 0.2) is 0 Å². The third-order valence-corrected chi connectivity index (χ3v) is 5.55. The molecule has 0 spiro atoms. The van der Waals surface area contributed by atoms with Crippen molar-refractivity contribution in [3.63, 3.8) is 0 Å². The Morgan fingerprint density at radius 2 is 1.76 bits per heavy atom. The molecule has 1 aliphatic heterocycles. The third-order valence-electron chi connectivity index (χ3n) is 5.29. The van der Waals surface area contributed by atoms with Gasteiger partial charge >= 0.3 is 0 Å². The number of fused-ring (bicyclic) bond motifs is 1. The number of carbonyl (C=O) groups is 1. The number of aromatic nitrogens is 3. The smallest absolute Gasteiger partial charge is 0.250 e. The van der Waals surface area contributed by atoms with Gasteiger partial charge in [-0.15, -0.1) is 5.10 Å². The Morgan fingerprint density at radius 1 is 1.03 bits per heavy atom. The number of rotatable bonds is 5. The number of nitrogens with one attached hydrogen (secondary N) is 2. The molecular formula is C26H19ClFN5O. The predicted octanol–water partition coefficient (Wildman–Crippen LogP) is 5.78. The number of hydrogen-bond donors (Lipinski definition) is 2. The fourth-order valence-corrected chi connectivity index (χ4v) is 3.75. The standard InChI is InChI=1S/C26H19ClFN5O/c27-20-11-6-17(7-12-20)8-15-24(34)30-25-31-26-29-22(18-4-2-1-3-5-18)16-23(33(26)32-25)19-9-13-21(28)14-10-19/h1-16,23H,(H2,29,30,31,32,34). The number of halogens is 2. The van der Waals surface area contributed by atoms with E-state index in [0.29, 0.717) is 11.0 Å². The molecule has 0 radical (unpaired) electrons. The minimum Gasteiger partial charge on any atom is -0.324 e. The molecule has 4 aromatic rings. The normalized spacial score (nSPS) is 14.9. The highest BCUT2D eigenvalue weighted by atomic mass is 35.5. The fraction of sp³-hybridized carbons (Fsp3) is 0.0385. The Kier molecular flexibility index (Phi) is 5.93. The van der Waals surface area contributed by atoms with E-state index < -0.39 is 0 Å². The number of amides is 1. The van der Waals surface area contributed by atoms with E-state index in [1.54, 1.807) is 35.0 Å². The van der Waals surface area contributed by atoms with Crippen molar-refractivity contribution in [2.45, 2.75) is 6.04 Å². The zero-order chi connectivity index (χ0) is 23.5. The summed E-state index contributed by atoms with van der Waals surface area (Å²) in [5, 5.41) is 11.1. The van der Waals surface area contributed by atoms with Crippen molar-refractivity contribution in [1.29, 1.82) is 0 Å². The lowest BCUT2D eigenvalue weighted by molar-refractivity contribution is -0.111. The molecule has 0 saturated carbocycles. The van der Waals surface area contributed by atoms with Gasteiger partial charge in [-0.1, -0.05) is 66.2 Å². The van der Waals surface area contributed by atoms with E-state index in [1.165, 1.54) is 18.2 Å². The topological polar surface area (TPSA) is 71.8 Å². The first kappa shape index (κ1) is 21.6. The van der Waals surface area contributed by atoms with Gasteiger partial charge < -0.3 is 5.32 Å². The molecule has 168 valence electrons. The SMILES string of the molecule is O=C(C=Cc1ccc(Cl)cc1)Nc1nc2n(n1)C(c1ccc(F)cc1)C=C(c1ccccc1)N2. The Morgan fingerprint density at radius 3 is 2.50 bits per heavy atom. The van der Waals surface area contributed by atoms with Gasteiger partial charge in [0.2, 0.25) is 5.95 Å². The van der Waals surface area contributed by atoms with Crippen LogP contribution in [-0.4, -0.2) is 20.7 Å². The Labute approximate surface area is 200 Å². The Balaban J connectivity index is 1.42. The number of carbonyl (C=O) groups excluding carboxylic acids is 1. The predicted molar refractivity (Wildman–Crippen MR) is 132 cm³/mol. The summed E-state index contributed by atoms with van der Waals surface area (Å²) in [6, 6.07) is 22.8. The highest BCUT2D eigenvalue weighted by Gasteiger charge is 2.25. The molecule has 1 aromatic heterocycles. The summed E-state index contributed by atoms with van der Waals surface area (Å²) >= 11 is 5.89. The van der Waals surface area contributed by atoms with Crippen LogP contribution in [0.15, 0.2) is 91.0 Å². The van der Waals surface area contributed by atoms with E-state index in [-0.39, 0.29) is 23.7 Å². The molecule has 34 heavy (non-hydrogen) atoms. The molecular weight excluding hydrogens is 453 g/mol. The highest BCUT2D eigenvalue weighted by molar-refractivity contribution is 6.30. The van der Waals surface area contributed by atoms with Gasteiger partial charge in [-0.3, -0.25) is 10.1 Å². The highest BCUT2D eigenvalue weighted by Crippen LogP contribution is 2.33. The van der Waals surface area contributed by atoms with Crippen LogP contribution >= 0.6 is 11.6 Å². The minimum absolute atomic E-state index is 0.156. The van der Waals surface area contributed by atoms with Crippen molar-refractivity contribution >= 4 is 41.2 Å². The molecule has 6 nitrogen and oxygen atoms in total. The molecule has 1 unspecified atom stereocenters. The van der Waals surface area contributed by atoms with Gasteiger partial charge in [0.1, 0.15) is 11.9 Å². The lowest BCUT2D eigenvalue weighted by atomic mass is 10.0. The number of nitrogens with zero attached hydrogens (tertiary/aromatic N) is 3. The van der Waals surface area contributed by atoms with Crippen LogP contribution in [0.25, 0.3) is 11.8 Å². The molecule has 1 amide bonds. The minimum atomic E-state index is -0.368. The van der Waals surface area contributed by atoms with Crippen molar-refractivity contribution in [3.8, 4) is 0 Å². The summed E-state index contributed by atoms with van der Waals surface area (Å²) < 4.78 is 15.2. The van der Waals surface area contributed by atoms with Crippen LogP contribution < -0.4 is 10.6 Å². The first-order valence-electron chi connectivity index (χ1n) is 10.6. The van der Waals surface area contributed by atoms with Crippen LogP contribution in [0.1, 0.15) is 22.7 Å². The van der Waals surface area contributed by atoms with E-state index in [9.17, 15) is 9.18 Å². The Bertz CT molecular complexity index is 1380. The monoisotopic (exact) mass is 471 g/mol. The second kappa shape index (κ2) is 9.33. The van der Waals surface area contributed by atoms with Gasteiger partial charge in [-0.05, 0) is 53.1 Å². The molecule has 1 atom stereocenters. The molecule has 0 aliphatic carbocycles. The average molecular weight is 472 g/mol. The maximum Gasteiger partial charge on any atom is 0.250 e. The van der Waals surface area contributed by atoms with Crippen molar-refractivity contribution in [3.05, 3.63) is 119 Å². The summed E-state index contributed by atoms with van der Waals surface area (Å²) in [5.41, 5.74) is 3.49.